The summed E-state index contributed by atoms with van der Waals surface area (Å²) in [7, 11) is 0. The number of halogens is 15. The maximum atomic E-state index is 13.7. The van der Waals surface area contributed by atoms with Gasteiger partial charge in [-0.1, -0.05) is 245 Å². The predicted octanol–water partition coefficient (Wildman–Crippen LogP) is 37.0. The van der Waals surface area contributed by atoms with Crippen LogP contribution in [0.3, 0.4) is 0 Å². The Morgan fingerprint density at radius 3 is 0.937 bits per heavy atom. The summed E-state index contributed by atoms with van der Waals surface area (Å²) in [5.74, 6) is -1.39. The van der Waals surface area contributed by atoms with Gasteiger partial charge in [-0.25, -0.2) is 13.2 Å². The lowest BCUT2D eigenvalue weighted by Crippen LogP contribution is -2.28. The molecule has 3 nitrogen and oxygen atoms in total. The average Bonchev–Trinajstić information content (AvgIpc) is 1.53. The molecule has 18 heteroatoms. The molecule has 0 radical (unpaired) electrons. The average molecular weight is 2700 g/mol. The van der Waals surface area contributed by atoms with Crippen LogP contribution in [0.15, 0.2) is 391 Å². The van der Waals surface area contributed by atoms with Gasteiger partial charge in [-0.05, 0) is 435 Å². The van der Waals surface area contributed by atoms with E-state index in [1.807, 2.05) is 53.1 Å². The van der Waals surface area contributed by atoms with Crippen molar-refractivity contribution < 1.29 is 13.2 Å². The normalized spacial score (nSPS) is 12.5. The molecule has 3 heterocycles. The van der Waals surface area contributed by atoms with Crippen LogP contribution in [0.1, 0.15) is 47.2 Å². The maximum Gasteiger partial charge on any atom is 0.128 e. The first kappa shape index (κ1) is 89.5. The molecule has 0 spiro atoms. The Kier molecular flexibility index (Phi) is 27.0. The van der Waals surface area contributed by atoms with Gasteiger partial charge in [0.25, 0.3) is 0 Å². The minimum Gasteiger partial charge on any atom is -0.309 e. The molecule has 0 amide bonds. The lowest BCUT2D eigenvalue weighted by Gasteiger charge is -2.34. The Labute approximate surface area is 860 Å². The second-order valence-electron chi connectivity index (χ2n) is 31.0. The summed E-state index contributed by atoms with van der Waals surface area (Å²) >= 11 is 35.8. The minimum atomic E-state index is -0.586. The summed E-state index contributed by atoms with van der Waals surface area (Å²) in [6.45, 7) is 4.61. The first-order valence-corrected chi connectivity index (χ1v) is 51.1. The summed E-state index contributed by atoms with van der Waals surface area (Å²) in [4.78, 5) is 0. The van der Waals surface area contributed by atoms with E-state index in [1.165, 1.54) is 162 Å². The molecule has 0 saturated heterocycles. The predicted molar refractivity (Wildman–Crippen MR) is 594 cm³/mol. The Morgan fingerprint density at radius 2 is 0.516 bits per heavy atom. The number of benzene rings is 18. The SMILES string of the molecule is Brc1c2ccccc2c(I)c2ccccc12.Brc1ccc2c(c1)C(c1ccccc1)(c1ccccc1)c1cc(I)ccc1-2.Brc1ccc2c(c1)c1cc(I)ccc1n2-c1ccccc1.CC1(C)c2cc(Br)ccc2-c2ccc(I)cc21.Fc1cc(F)cc(-n2c3ccc(Br)cc3c3cc(I)ccc32)c1.Fc1ccc(-n2c3ccc(Br)cc3c3cc(I)ccc32)cc1. The van der Waals surface area contributed by atoms with Gasteiger partial charge in [0.2, 0.25) is 0 Å². The third-order valence-corrected chi connectivity index (χ3v) is 31.0. The molecule has 618 valence electrons. The zero-order valence-electron chi connectivity index (χ0n) is 66.7. The number of hydrogen-bond acceptors (Lipinski definition) is 0. The van der Waals surface area contributed by atoms with Crippen molar-refractivity contribution in [1.82, 2.24) is 13.7 Å². The number of hydrogen-bond donors (Lipinski definition) is 0. The highest BCUT2D eigenvalue weighted by molar-refractivity contribution is 14.1. The Morgan fingerprint density at radius 1 is 0.230 bits per heavy atom. The van der Waals surface area contributed by atoms with Crippen molar-refractivity contribution in [2.24, 2.45) is 0 Å². The molecule has 0 unspecified atom stereocenters. The highest BCUT2D eigenvalue weighted by atomic mass is 127. The fraction of sp³-hybridized carbons (Fsp3) is 0.0370. The zero-order valence-corrected chi connectivity index (χ0v) is 89.1. The fourth-order valence-electron chi connectivity index (χ4n) is 17.7. The van der Waals surface area contributed by atoms with E-state index in [2.05, 4.69) is 539 Å². The van der Waals surface area contributed by atoms with E-state index in [4.69, 9.17) is 0 Å². The molecule has 3 aromatic heterocycles. The summed E-state index contributed by atoms with van der Waals surface area (Å²) in [5.41, 5.74) is 22.6. The summed E-state index contributed by atoms with van der Waals surface area (Å²) in [5, 5.41) is 12.2. The molecule has 0 aliphatic heterocycles. The third-order valence-electron chi connectivity index (χ3n) is 23.1. The van der Waals surface area contributed by atoms with Gasteiger partial charge in [0.1, 0.15) is 17.5 Å². The van der Waals surface area contributed by atoms with E-state index in [9.17, 15) is 13.2 Å². The highest BCUT2D eigenvalue weighted by Crippen LogP contribution is 2.57. The van der Waals surface area contributed by atoms with E-state index in [0.29, 0.717) is 5.69 Å². The van der Waals surface area contributed by atoms with E-state index >= 15 is 0 Å². The standard InChI is InChI=1S/C25H16BrI.C18H9BrF2IN.C18H10BrFIN.C18H11BrIN.C15H12BrI.C14H8BrI/c26-19-11-13-21-22-14-12-20(27)16-24(22)25(23(21)15-19,17-7-3-1-4-8-17)18-9-5-2-6-10-18;19-10-1-3-17-15(5-10)16-9-13(22)2-4-18(16)23(17)14-7-11(20)6-12(21)8-14;19-11-1-7-17-15(9-11)16-10-13(21)4-8-18(16)22(17)14-5-2-12(20)3-6-14;19-12-6-8-17-15(10-12)16-11-13(20)7-9-18(16)21(17)14-4-2-1-3-5-14;1-15(2)13-7-9(16)3-5-11(13)12-6-4-10(17)8-14(12)15;15-13-9-5-1-3-7-11(9)14(16)12-8-4-2-6-10(12)13/h1-16H;1-9H;1-10H;1-11H;3-8H,1-2H3;1-8H. The van der Waals surface area contributed by atoms with Crippen LogP contribution in [0, 0.1) is 38.9 Å². The van der Waals surface area contributed by atoms with Crippen molar-refractivity contribution in [3.8, 4) is 39.3 Å². The second kappa shape index (κ2) is 38.0. The molecule has 0 fully saturated rings. The van der Waals surface area contributed by atoms with Gasteiger partial charge in [0.15, 0.2) is 0 Å². The number of fused-ring (bicyclic) bond motifs is 17. The van der Waals surface area contributed by atoms with E-state index in [0.717, 1.165) is 70.5 Å². The van der Waals surface area contributed by atoms with E-state index in [-0.39, 0.29) is 16.6 Å². The fourth-order valence-corrected chi connectivity index (χ4v) is 23.6. The van der Waals surface area contributed by atoms with Crippen LogP contribution in [0.4, 0.5) is 13.2 Å². The van der Waals surface area contributed by atoms with Crippen molar-refractivity contribution in [2.75, 3.05) is 0 Å². The molecule has 21 aromatic rings. The molecular weight excluding hydrogens is 2640 g/mol. The van der Waals surface area contributed by atoms with Crippen molar-refractivity contribution >= 4 is 318 Å². The molecule has 0 N–H and O–H groups in total. The van der Waals surface area contributed by atoms with Crippen LogP contribution in [-0.4, -0.2) is 13.7 Å². The second-order valence-corrected chi connectivity index (χ2v) is 43.7. The Balaban J connectivity index is 0.000000103. The van der Waals surface area contributed by atoms with Gasteiger partial charge in [0.05, 0.1) is 44.2 Å². The summed E-state index contributed by atoms with van der Waals surface area (Å²) < 4.78 is 61.1. The molecule has 0 bridgehead atoms. The lowest BCUT2D eigenvalue weighted by molar-refractivity contribution is 0.582. The molecule has 23 rings (SSSR count). The number of para-hydroxylation sites is 1. The monoisotopic (exact) mass is 2700 g/mol. The first-order valence-electron chi connectivity index (χ1n) is 39.9. The van der Waals surface area contributed by atoms with Crippen LogP contribution in [0.25, 0.3) is 126 Å². The van der Waals surface area contributed by atoms with Crippen molar-refractivity contribution in [1.29, 1.82) is 0 Å². The van der Waals surface area contributed by atoms with Crippen molar-refractivity contribution in [2.45, 2.75) is 24.7 Å². The lowest BCUT2D eigenvalue weighted by atomic mass is 9.68. The largest absolute Gasteiger partial charge is 0.309 e. The number of aromatic nitrogens is 3. The minimum absolute atomic E-state index is 0.107. The maximum absolute atomic E-state index is 13.7. The van der Waals surface area contributed by atoms with Gasteiger partial charge in [-0.15, -0.1) is 0 Å². The van der Waals surface area contributed by atoms with Gasteiger partial charge in [-0.3, -0.25) is 0 Å². The molecule has 0 saturated carbocycles. The molecule has 126 heavy (non-hydrogen) atoms. The van der Waals surface area contributed by atoms with Gasteiger partial charge < -0.3 is 13.7 Å². The van der Waals surface area contributed by atoms with Crippen molar-refractivity contribution in [3.63, 3.8) is 0 Å². The van der Waals surface area contributed by atoms with Gasteiger partial charge in [0, 0.05) is 103 Å². The van der Waals surface area contributed by atoms with Gasteiger partial charge >= 0.3 is 0 Å². The van der Waals surface area contributed by atoms with Crippen LogP contribution in [0.5, 0.6) is 0 Å². The summed E-state index contributed by atoms with van der Waals surface area (Å²) in [6.07, 6.45) is 0. The van der Waals surface area contributed by atoms with E-state index in [1.54, 1.807) is 0 Å². The third kappa shape index (κ3) is 17.6. The van der Waals surface area contributed by atoms with Gasteiger partial charge in [-0.2, -0.15) is 0 Å². The quantitative estimate of drug-likeness (QED) is 0.121. The Bertz CT molecular complexity index is 7380. The zero-order chi connectivity index (χ0) is 87.6. The number of nitrogens with zero attached hydrogens (tertiary/aromatic N) is 3. The topological polar surface area (TPSA) is 14.8 Å². The summed E-state index contributed by atoms with van der Waals surface area (Å²) in [6, 6.07) is 124. The molecular formula is C108H66Br6F3I6N3. The van der Waals surface area contributed by atoms with Crippen molar-refractivity contribution in [3.05, 3.63) is 463 Å². The number of rotatable bonds is 5. The molecule has 2 aliphatic rings. The Hall–Kier alpha value is -7.07. The highest BCUT2D eigenvalue weighted by Gasteiger charge is 2.46. The smallest absolute Gasteiger partial charge is 0.128 e. The molecule has 18 aromatic carbocycles. The molecule has 2 aliphatic carbocycles. The first-order chi connectivity index (χ1) is 60.9. The molecule has 0 atom stereocenters. The van der Waals surface area contributed by atoms with Crippen LogP contribution >= 0.6 is 231 Å². The van der Waals surface area contributed by atoms with E-state index < -0.39 is 11.6 Å². The van der Waals surface area contributed by atoms with Crippen LogP contribution < -0.4 is 0 Å². The van der Waals surface area contributed by atoms with Crippen LogP contribution in [0.2, 0.25) is 0 Å². The van der Waals surface area contributed by atoms with Crippen LogP contribution in [-0.2, 0) is 10.8 Å².